The molecular formula is C13H13ClFNO. The Hall–Kier alpha value is -1.06. The predicted octanol–water partition coefficient (Wildman–Crippen LogP) is 3.90. The van der Waals surface area contributed by atoms with Crippen LogP contribution in [0.25, 0.3) is 10.9 Å². The van der Waals surface area contributed by atoms with E-state index in [1.165, 1.54) is 12.1 Å². The molecule has 0 aliphatic carbocycles. The van der Waals surface area contributed by atoms with Crippen molar-refractivity contribution < 1.29 is 9.13 Å². The number of benzene rings is 1. The summed E-state index contributed by atoms with van der Waals surface area (Å²) >= 11 is 6.51. The van der Waals surface area contributed by atoms with Gasteiger partial charge < -0.3 is 9.72 Å². The van der Waals surface area contributed by atoms with Crippen LogP contribution >= 0.6 is 11.6 Å². The molecule has 0 saturated carbocycles. The van der Waals surface area contributed by atoms with Gasteiger partial charge in [0.2, 0.25) is 0 Å². The van der Waals surface area contributed by atoms with Gasteiger partial charge in [0.25, 0.3) is 0 Å². The van der Waals surface area contributed by atoms with Gasteiger partial charge in [0.05, 0.1) is 0 Å². The van der Waals surface area contributed by atoms with E-state index in [4.69, 9.17) is 16.3 Å². The van der Waals surface area contributed by atoms with E-state index in [2.05, 4.69) is 4.98 Å². The van der Waals surface area contributed by atoms with E-state index < -0.39 is 5.06 Å². The number of ether oxygens (including phenoxy) is 1. The molecule has 1 N–H and O–H groups in total. The number of aromatic amines is 1. The highest BCUT2D eigenvalue weighted by Crippen LogP contribution is 2.42. The van der Waals surface area contributed by atoms with Crippen molar-refractivity contribution in [2.24, 2.45) is 0 Å². The van der Waals surface area contributed by atoms with Gasteiger partial charge in [-0.2, -0.15) is 0 Å². The van der Waals surface area contributed by atoms with E-state index in [1.807, 2.05) is 6.20 Å². The number of H-pyrrole nitrogens is 1. The van der Waals surface area contributed by atoms with Crippen LogP contribution < -0.4 is 0 Å². The molecule has 1 atom stereocenters. The summed E-state index contributed by atoms with van der Waals surface area (Å²) < 4.78 is 19.0. The van der Waals surface area contributed by atoms with Gasteiger partial charge in [-0.3, -0.25) is 0 Å². The molecule has 2 heterocycles. The predicted molar refractivity (Wildman–Crippen MR) is 65.6 cm³/mol. The third-order valence-electron chi connectivity index (χ3n) is 3.27. The Morgan fingerprint density at radius 2 is 2.24 bits per heavy atom. The lowest BCUT2D eigenvalue weighted by atomic mass is 10.00. The SMILES string of the molecule is Fc1ccc2[nH]cc(C3(Cl)CCCCO3)c2c1. The van der Waals surface area contributed by atoms with Crippen LogP contribution in [0.4, 0.5) is 4.39 Å². The number of fused-ring (bicyclic) bond motifs is 1. The first-order valence-electron chi connectivity index (χ1n) is 5.79. The molecule has 4 heteroatoms. The van der Waals surface area contributed by atoms with Gasteiger partial charge in [-0.1, -0.05) is 11.6 Å². The zero-order chi connectivity index (χ0) is 11.9. The van der Waals surface area contributed by atoms with E-state index in [0.717, 1.165) is 35.7 Å². The standard InChI is InChI=1S/C13H13ClFNO/c14-13(5-1-2-6-17-13)11-8-16-12-4-3-9(15)7-10(11)12/h3-4,7-8,16H,1-2,5-6H2. The highest BCUT2D eigenvalue weighted by molar-refractivity contribution is 6.24. The van der Waals surface area contributed by atoms with E-state index >= 15 is 0 Å². The van der Waals surface area contributed by atoms with Crippen molar-refractivity contribution in [3.05, 3.63) is 35.8 Å². The van der Waals surface area contributed by atoms with Crippen molar-refractivity contribution in [2.45, 2.75) is 24.3 Å². The summed E-state index contributed by atoms with van der Waals surface area (Å²) in [7, 11) is 0. The molecule has 0 spiro atoms. The molecule has 2 aromatic rings. The van der Waals surface area contributed by atoms with Gasteiger partial charge in [0.15, 0.2) is 5.06 Å². The third-order valence-corrected chi connectivity index (χ3v) is 3.77. The molecule has 1 aromatic heterocycles. The summed E-state index contributed by atoms with van der Waals surface area (Å²) in [4.78, 5) is 3.11. The minimum absolute atomic E-state index is 0.255. The van der Waals surface area contributed by atoms with E-state index in [-0.39, 0.29) is 5.82 Å². The number of aromatic nitrogens is 1. The molecule has 90 valence electrons. The fourth-order valence-corrected chi connectivity index (χ4v) is 2.74. The van der Waals surface area contributed by atoms with Crippen LogP contribution in [0.1, 0.15) is 24.8 Å². The Morgan fingerprint density at radius 1 is 1.35 bits per heavy atom. The molecule has 0 radical (unpaired) electrons. The van der Waals surface area contributed by atoms with Crippen molar-refractivity contribution in [3.63, 3.8) is 0 Å². The molecular weight excluding hydrogens is 241 g/mol. The summed E-state index contributed by atoms with van der Waals surface area (Å²) in [6.45, 7) is 0.658. The molecule has 0 amide bonds. The second kappa shape index (κ2) is 4.00. The molecule has 1 aliphatic heterocycles. The fourth-order valence-electron chi connectivity index (χ4n) is 2.37. The number of alkyl halides is 1. The zero-order valence-corrected chi connectivity index (χ0v) is 10.1. The summed E-state index contributed by atoms with van der Waals surface area (Å²) in [5.74, 6) is -0.255. The van der Waals surface area contributed by atoms with Crippen LogP contribution in [0, 0.1) is 5.82 Å². The van der Waals surface area contributed by atoms with Crippen molar-refractivity contribution in [3.8, 4) is 0 Å². The average molecular weight is 254 g/mol. The zero-order valence-electron chi connectivity index (χ0n) is 9.30. The molecule has 1 unspecified atom stereocenters. The van der Waals surface area contributed by atoms with Gasteiger partial charge in [-0.15, -0.1) is 0 Å². The molecule has 1 fully saturated rings. The van der Waals surface area contributed by atoms with E-state index in [9.17, 15) is 4.39 Å². The van der Waals surface area contributed by atoms with Crippen LogP contribution in [0.5, 0.6) is 0 Å². The lowest BCUT2D eigenvalue weighted by molar-refractivity contribution is -0.0194. The number of halogens is 2. The molecule has 3 rings (SSSR count). The third kappa shape index (κ3) is 1.83. The molecule has 2 nitrogen and oxygen atoms in total. The number of hydrogen-bond donors (Lipinski definition) is 1. The maximum absolute atomic E-state index is 13.3. The monoisotopic (exact) mass is 253 g/mol. The minimum atomic E-state index is -0.801. The molecule has 0 bridgehead atoms. The van der Waals surface area contributed by atoms with Crippen LogP contribution in [0.3, 0.4) is 0 Å². The highest BCUT2D eigenvalue weighted by Gasteiger charge is 2.34. The Labute approximate surface area is 104 Å². The van der Waals surface area contributed by atoms with Crippen LogP contribution in [0.15, 0.2) is 24.4 Å². The Kier molecular flexibility index (Phi) is 2.60. The summed E-state index contributed by atoms with van der Waals surface area (Å²) in [6, 6.07) is 4.66. The van der Waals surface area contributed by atoms with Crippen molar-refractivity contribution in [2.75, 3.05) is 6.61 Å². The number of hydrogen-bond acceptors (Lipinski definition) is 1. The van der Waals surface area contributed by atoms with E-state index in [0.29, 0.717) is 6.61 Å². The first-order chi connectivity index (χ1) is 8.19. The first-order valence-corrected chi connectivity index (χ1v) is 6.17. The largest absolute Gasteiger partial charge is 0.361 e. The Bertz CT molecular complexity index is 545. The van der Waals surface area contributed by atoms with Gasteiger partial charge in [0.1, 0.15) is 5.82 Å². The quantitative estimate of drug-likeness (QED) is 0.766. The van der Waals surface area contributed by atoms with Crippen LogP contribution in [0.2, 0.25) is 0 Å². The Balaban J connectivity index is 2.13. The van der Waals surface area contributed by atoms with Gasteiger partial charge >= 0.3 is 0 Å². The average Bonchev–Trinajstić information content (AvgIpc) is 2.73. The maximum atomic E-state index is 13.3. The first kappa shape index (κ1) is 11.1. The number of rotatable bonds is 1. The van der Waals surface area contributed by atoms with Crippen molar-refractivity contribution >= 4 is 22.5 Å². The summed E-state index contributed by atoms with van der Waals surface area (Å²) in [5.41, 5.74) is 1.73. The van der Waals surface area contributed by atoms with Gasteiger partial charge in [-0.25, -0.2) is 4.39 Å². The fraction of sp³-hybridized carbons (Fsp3) is 0.385. The topological polar surface area (TPSA) is 25.0 Å². The van der Waals surface area contributed by atoms with E-state index in [1.54, 1.807) is 6.07 Å². The van der Waals surface area contributed by atoms with Gasteiger partial charge in [-0.05, 0) is 37.5 Å². The molecule has 17 heavy (non-hydrogen) atoms. The minimum Gasteiger partial charge on any atom is -0.361 e. The molecule has 1 saturated heterocycles. The second-order valence-electron chi connectivity index (χ2n) is 4.43. The highest BCUT2D eigenvalue weighted by atomic mass is 35.5. The second-order valence-corrected chi connectivity index (χ2v) is 5.04. The van der Waals surface area contributed by atoms with Crippen molar-refractivity contribution in [1.29, 1.82) is 0 Å². The van der Waals surface area contributed by atoms with Crippen LogP contribution in [-0.2, 0) is 9.80 Å². The lowest BCUT2D eigenvalue weighted by Crippen LogP contribution is -2.27. The number of nitrogens with one attached hydrogen (secondary N) is 1. The summed E-state index contributed by atoms with van der Waals surface area (Å²) in [5, 5.41) is 0.00602. The van der Waals surface area contributed by atoms with Gasteiger partial charge in [0, 0.05) is 29.3 Å². The van der Waals surface area contributed by atoms with Crippen molar-refractivity contribution in [1.82, 2.24) is 4.98 Å². The normalized spacial score (nSPS) is 25.3. The maximum Gasteiger partial charge on any atom is 0.169 e. The molecule has 1 aliphatic rings. The molecule has 1 aromatic carbocycles. The van der Waals surface area contributed by atoms with Crippen LogP contribution in [-0.4, -0.2) is 11.6 Å². The smallest absolute Gasteiger partial charge is 0.169 e. The Morgan fingerprint density at radius 3 is 3.00 bits per heavy atom. The lowest BCUT2D eigenvalue weighted by Gasteiger charge is -2.31. The summed E-state index contributed by atoms with van der Waals surface area (Å²) in [6.07, 6.45) is 4.65.